The highest BCUT2D eigenvalue weighted by Crippen LogP contribution is 2.25. The standard InChI is InChI=1S/C20H18F2N4O3/c21-13-1-3-15(16(22)8-13)18(27)20(29)26-6-5-11(10-26)19(28)24-14-2-4-17-12(7-14)9-23-25-17/h1-4,7-9,11,18,27H,5-6,10H2,(H,23,25)(H,24,28). The first-order valence-corrected chi connectivity index (χ1v) is 9.08. The molecule has 1 aliphatic rings. The number of nitrogens with one attached hydrogen (secondary N) is 2. The third kappa shape index (κ3) is 3.81. The zero-order chi connectivity index (χ0) is 20.5. The summed E-state index contributed by atoms with van der Waals surface area (Å²) in [6.07, 6.45) is 0.321. The molecule has 2 atom stereocenters. The third-order valence-electron chi connectivity index (χ3n) is 5.07. The number of likely N-dealkylation sites (tertiary alicyclic amines) is 1. The van der Waals surface area contributed by atoms with Crippen LogP contribution >= 0.6 is 0 Å². The van der Waals surface area contributed by atoms with Crippen LogP contribution < -0.4 is 5.32 Å². The molecule has 1 saturated heterocycles. The van der Waals surface area contributed by atoms with E-state index in [9.17, 15) is 23.5 Å². The zero-order valence-corrected chi connectivity index (χ0v) is 15.2. The highest BCUT2D eigenvalue weighted by atomic mass is 19.1. The number of aromatic nitrogens is 2. The predicted octanol–water partition coefficient (Wildman–Crippen LogP) is 2.36. The molecule has 150 valence electrons. The number of carbonyl (C=O) groups is 2. The van der Waals surface area contributed by atoms with E-state index in [2.05, 4.69) is 15.5 Å². The maximum absolute atomic E-state index is 13.8. The summed E-state index contributed by atoms with van der Waals surface area (Å²) in [5.41, 5.74) is 1.17. The van der Waals surface area contributed by atoms with Crippen LogP contribution in [0.3, 0.4) is 0 Å². The van der Waals surface area contributed by atoms with Gasteiger partial charge < -0.3 is 15.3 Å². The van der Waals surface area contributed by atoms with E-state index in [1.165, 1.54) is 4.90 Å². The van der Waals surface area contributed by atoms with E-state index in [0.29, 0.717) is 18.2 Å². The summed E-state index contributed by atoms with van der Waals surface area (Å²) >= 11 is 0. The molecule has 7 nitrogen and oxygen atoms in total. The molecule has 29 heavy (non-hydrogen) atoms. The Morgan fingerprint density at radius 3 is 2.86 bits per heavy atom. The van der Waals surface area contributed by atoms with Gasteiger partial charge in [0, 0.05) is 35.8 Å². The van der Waals surface area contributed by atoms with Crippen LogP contribution in [0.25, 0.3) is 10.9 Å². The van der Waals surface area contributed by atoms with Crippen molar-refractivity contribution >= 4 is 28.4 Å². The van der Waals surface area contributed by atoms with Crippen LogP contribution in [0.5, 0.6) is 0 Å². The number of anilines is 1. The van der Waals surface area contributed by atoms with Gasteiger partial charge in [0.05, 0.1) is 17.6 Å². The fourth-order valence-electron chi connectivity index (χ4n) is 3.47. The van der Waals surface area contributed by atoms with Crippen LogP contribution in [0.2, 0.25) is 0 Å². The number of carbonyl (C=O) groups excluding carboxylic acids is 2. The Bertz CT molecular complexity index is 1080. The third-order valence-corrected chi connectivity index (χ3v) is 5.07. The van der Waals surface area contributed by atoms with Crippen molar-refractivity contribution in [3.63, 3.8) is 0 Å². The Balaban J connectivity index is 1.39. The number of amides is 2. The average Bonchev–Trinajstić information content (AvgIpc) is 3.36. The van der Waals surface area contributed by atoms with Gasteiger partial charge in [-0.1, -0.05) is 6.07 Å². The minimum Gasteiger partial charge on any atom is -0.378 e. The minimum absolute atomic E-state index is 0.110. The van der Waals surface area contributed by atoms with Crippen LogP contribution in [-0.2, 0) is 9.59 Å². The van der Waals surface area contributed by atoms with Gasteiger partial charge in [0.15, 0.2) is 6.10 Å². The molecule has 4 rings (SSSR count). The summed E-state index contributed by atoms with van der Waals surface area (Å²) in [7, 11) is 0. The van der Waals surface area contributed by atoms with Crippen molar-refractivity contribution in [3.05, 3.63) is 59.8 Å². The van der Waals surface area contributed by atoms with Gasteiger partial charge in [-0.3, -0.25) is 14.7 Å². The molecular formula is C20H18F2N4O3. The van der Waals surface area contributed by atoms with Gasteiger partial charge >= 0.3 is 0 Å². The monoisotopic (exact) mass is 400 g/mol. The summed E-state index contributed by atoms with van der Waals surface area (Å²) in [6, 6.07) is 7.97. The summed E-state index contributed by atoms with van der Waals surface area (Å²) in [5, 5.41) is 20.6. The van der Waals surface area contributed by atoms with E-state index in [1.54, 1.807) is 24.4 Å². The molecule has 0 spiro atoms. The van der Waals surface area contributed by atoms with Gasteiger partial charge in [-0.15, -0.1) is 0 Å². The molecule has 1 aromatic heterocycles. The van der Waals surface area contributed by atoms with E-state index >= 15 is 0 Å². The Kier molecular flexibility index (Phi) is 4.98. The van der Waals surface area contributed by atoms with Crippen LogP contribution in [-0.4, -0.2) is 45.1 Å². The molecule has 0 bridgehead atoms. The lowest BCUT2D eigenvalue weighted by Crippen LogP contribution is -2.35. The molecule has 1 fully saturated rings. The number of aliphatic hydroxyl groups excluding tert-OH is 1. The summed E-state index contributed by atoms with van der Waals surface area (Å²) in [4.78, 5) is 26.4. The van der Waals surface area contributed by atoms with E-state index in [1.807, 2.05) is 0 Å². The second kappa shape index (κ2) is 7.59. The summed E-state index contributed by atoms with van der Waals surface area (Å²) in [5.74, 6) is -3.20. The number of hydrogen-bond acceptors (Lipinski definition) is 4. The molecule has 9 heteroatoms. The number of rotatable bonds is 4. The van der Waals surface area contributed by atoms with E-state index in [0.717, 1.165) is 23.0 Å². The number of fused-ring (bicyclic) bond motifs is 1. The smallest absolute Gasteiger partial charge is 0.256 e. The Labute approximate surface area is 164 Å². The summed E-state index contributed by atoms with van der Waals surface area (Å²) in [6.45, 7) is 0.371. The van der Waals surface area contributed by atoms with Crippen LogP contribution in [0, 0.1) is 17.6 Å². The van der Waals surface area contributed by atoms with Gasteiger partial charge in [-0.05, 0) is 30.7 Å². The van der Waals surface area contributed by atoms with Gasteiger partial charge in [0.25, 0.3) is 5.91 Å². The van der Waals surface area contributed by atoms with Gasteiger partial charge in [0.2, 0.25) is 5.91 Å². The number of aliphatic hydroxyl groups is 1. The number of H-pyrrole nitrogens is 1. The number of nitrogens with zero attached hydrogens (tertiary/aromatic N) is 2. The number of halogens is 2. The molecule has 3 N–H and O–H groups in total. The van der Waals surface area contributed by atoms with E-state index in [-0.39, 0.29) is 24.6 Å². The lowest BCUT2D eigenvalue weighted by Gasteiger charge is -2.20. The Morgan fingerprint density at radius 1 is 1.24 bits per heavy atom. The molecule has 2 heterocycles. The molecule has 2 aromatic carbocycles. The molecule has 0 saturated carbocycles. The Morgan fingerprint density at radius 2 is 2.07 bits per heavy atom. The topological polar surface area (TPSA) is 98.3 Å². The molecular weight excluding hydrogens is 382 g/mol. The fraction of sp³-hybridized carbons (Fsp3) is 0.250. The highest BCUT2D eigenvalue weighted by Gasteiger charge is 2.34. The van der Waals surface area contributed by atoms with Crippen molar-refractivity contribution in [2.75, 3.05) is 18.4 Å². The number of hydrogen-bond donors (Lipinski definition) is 3. The fourth-order valence-corrected chi connectivity index (χ4v) is 3.47. The van der Waals surface area contributed by atoms with Crippen molar-refractivity contribution in [1.82, 2.24) is 15.1 Å². The van der Waals surface area contributed by atoms with Gasteiger partial charge in [-0.25, -0.2) is 8.78 Å². The van der Waals surface area contributed by atoms with Crippen molar-refractivity contribution in [1.29, 1.82) is 0 Å². The average molecular weight is 400 g/mol. The second-order valence-electron chi connectivity index (χ2n) is 7.00. The highest BCUT2D eigenvalue weighted by molar-refractivity contribution is 5.95. The maximum atomic E-state index is 13.8. The second-order valence-corrected chi connectivity index (χ2v) is 7.00. The number of benzene rings is 2. The molecule has 3 aromatic rings. The van der Waals surface area contributed by atoms with Crippen molar-refractivity contribution in [3.8, 4) is 0 Å². The Hall–Kier alpha value is -3.33. The van der Waals surface area contributed by atoms with E-state index < -0.39 is 29.6 Å². The minimum atomic E-state index is -1.75. The molecule has 0 radical (unpaired) electrons. The van der Waals surface area contributed by atoms with Gasteiger partial charge in [0.1, 0.15) is 11.6 Å². The molecule has 2 unspecified atom stereocenters. The SMILES string of the molecule is O=C(Nc1ccc2[nH]ncc2c1)C1CCN(C(=O)C(O)c2ccc(F)cc2F)C1. The van der Waals surface area contributed by atoms with Crippen molar-refractivity contribution < 1.29 is 23.5 Å². The maximum Gasteiger partial charge on any atom is 0.256 e. The van der Waals surface area contributed by atoms with Crippen LogP contribution in [0.1, 0.15) is 18.1 Å². The first kappa shape index (κ1) is 19.0. The quantitative estimate of drug-likeness (QED) is 0.626. The lowest BCUT2D eigenvalue weighted by atomic mass is 10.1. The predicted molar refractivity (Wildman–Crippen MR) is 101 cm³/mol. The largest absolute Gasteiger partial charge is 0.378 e. The van der Waals surface area contributed by atoms with Crippen LogP contribution in [0.15, 0.2) is 42.6 Å². The normalized spacial score (nSPS) is 17.5. The lowest BCUT2D eigenvalue weighted by molar-refractivity contribution is -0.139. The number of aromatic amines is 1. The van der Waals surface area contributed by atoms with E-state index in [4.69, 9.17) is 0 Å². The molecule has 1 aliphatic heterocycles. The molecule has 2 amide bonds. The van der Waals surface area contributed by atoms with Crippen LogP contribution in [0.4, 0.5) is 14.5 Å². The first-order chi connectivity index (χ1) is 13.9. The zero-order valence-electron chi connectivity index (χ0n) is 15.2. The van der Waals surface area contributed by atoms with Crippen molar-refractivity contribution in [2.45, 2.75) is 12.5 Å². The van der Waals surface area contributed by atoms with Crippen molar-refractivity contribution in [2.24, 2.45) is 5.92 Å². The first-order valence-electron chi connectivity index (χ1n) is 9.08. The molecule has 0 aliphatic carbocycles. The van der Waals surface area contributed by atoms with Gasteiger partial charge in [-0.2, -0.15) is 5.10 Å². The summed E-state index contributed by atoms with van der Waals surface area (Å²) < 4.78 is 26.9.